The standard InChI is InChI=1S/C18H22ClNO3/c1-21-10-9-20-12-15-5-8-17(18(11-15)22-2)23-13-14-3-6-16(19)7-4-14/h3-8,11,20H,9-10,12-13H2,1-2H3. The highest BCUT2D eigenvalue weighted by molar-refractivity contribution is 6.30. The van der Waals surface area contributed by atoms with Crippen molar-refractivity contribution in [3.63, 3.8) is 0 Å². The molecule has 5 heteroatoms. The molecule has 0 fully saturated rings. The van der Waals surface area contributed by atoms with Crippen molar-refractivity contribution in [1.82, 2.24) is 5.32 Å². The summed E-state index contributed by atoms with van der Waals surface area (Å²) in [5, 5.41) is 4.02. The Morgan fingerprint density at radius 2 is 1.70 bits per heavy atom. The van der Waals surface area contributed by atoms with Gasteiger partial charge in [-0.25, -0.2) is 0 Å². The van der Waals surface area contributed by atoms with E-state index in [9.17, 15) is 0 Å². The predicted octanol–water partition coefficient (Wildman–Crippen LogP) is 3.66. The Morgan fingerprint density at radius 3 is 2.39 bits per heavy atom. The lowest BCUT2D eigenvalue weighted by molar-refractivity contribution is 0.199. The second-order valence-electron chi connectivity index (χ2n) is 5.07. The highest BCUT2D eigenvalue weighted by Crippen LogP contribution is 2.29. The number of halogens is 1. The fourth-order valence-corrected chi connectivity index (χ4v) is 2.22. The van der Waals surface area contributed by atoms with Gasteiger partial charge in [0.05, 0.1) is 13.7 Å². The van der Waals surface area contributed by atoms with Crippen LogP contribution in [0.25, 0.3) is 0 Å². The zero-order valence-electron chi connectivity index (χ0n) is 13.5. The zero-order valence-corrected chi connectivity index (χ0v) is 14.2. The molecule has 0 atom stereocenters. The van der Waals surface area contributed by atoms with Gasteiger partial charge in [-0.3, -0.25) is 0 Å². The first-order chi connectivity index (χ1) is 11.2. The van der Waals surface area contributed by atoms with E-state index in [2.05, 4.69) is 5.32 Å². The van der Waals surface area contributed by atoms with Gasteiger partial charge in [-0.15, -0.1) is 0 Å². The van der Waals surface area contributed by atoms with Crippen LogP contribution >= 0.6 is 11.6 Å². The molecular weight excluding hydrogens is 314 g/mol. The van der Waals surface area contributed by atoms with Crippen LogP contribution in [-0.2, 0) is 17.9 Å². The molecule has 2 rings (SSSR count). The number of ether oxygens (including phenoxy) is 3. The molecule has 0 aliphatic heterocycles. The van der Waals surface area contributed by atoms with Crippen molar-refractivity contribution >= 4 is 11.6 Å². The number of benzene rings is 2. The normalized spacial score (nSPS) is 10.6. The third-order valence-electron chi connectivity index (χ3n) is 3.35. The summed E-state index contributed by atoms with van der Waals surface area (Å²) in [6, 6.07) is 13.5. The summed E-state index contributed by atoms with van der Waals surface area (Å²) >= 11 is 5.88. The summed E-state index contributed by atoms with van der Waals surface area (Å²) in [7, 11) is 3.34. The minimum absolute atomic E-state index is 0.471. The summed E-state index contributed by atoms with van der Waals surface area (Å²) < 4.78 is 16.3. The van der Waals surface area contributed by atoms with Crippen molar-refractivity contribution in [1.29, 1.82) is 0 Å². The minimum Gasteiger partial charge on any atom is -0.493 e. The van der Waals surface area contributed by atoms with Gasteiger partial charge in [0.1, 0.15) is 6.61 Å². The lowest BCUT2D eigenvalue weighted by atomic mass is 10.2. The first kappa shape index (κ1) is 17.6. The van der Waals surface area contributed by atoms with Gasteiger partial charge in [0, 0.05) is 25.2 Å². The van der Waals surface area contributed by atoms with Crippen LogP contribution in [0.15, 0.2) is 42.5 Å². The van der Waals surface area contributed by atoms with Crippen LogP contribution in [0.3, 0.4) is 0 Å². The Bertz CT molecular complexity index is 602. The van der Waals surface area contributed by atoms with Crippen molar-refractivity contribution in [3.05, 3.63) is 58.6 Å². The molecule has 0 aliphatic carbocycles. The maximum Gasteiger partial charge on any atom is 0.161 e. The molecule has 0 heterocycles. The van der Waals surface area contributed by atoms with Crippen molar-refractivity contribution in [2.75, 3.05) is 27.4 Å². The van der Waals surface area contributed by atoms with E-state index >= 15 is 0 Å². The number of methoxy groups -OCH3 is 2. The van der Waals surface area contributed by atoms with Crippen LogP contribution in [0, 0.1) is 0 Å². The highest BCUT2D eigenvalue weighted by Gasteiger charge is 2.06. The third kappa shape index (κ3) is 5.75. The molecule has 2 aromatic rings. The van der Waals surface area contributed by atoms with Crippen LogP contribution in [0.5, 0.6) is 11.5 Å². The smallest absolute Gasteiger partial charge is 0.161 e. The van der Waals surface area contributed by atoms with Crippen LogP contribution < -0.4 is 14.8 Å². The molecule has 4 nitrogen and oxygen atoms in total. The Labute approximate surface area is 142 Å². The average Bonchev–Trinajstić information content (AvgIpc) is 2.58. The van der Waals surface area contributed by atoms with E-state index in [1.54, 1.807) is 14.2 Å². The van der Waals surface area contributed by atoms with Gasteiger partial charge in [0.25, 0.3) is 0 Å². The number of rotatable bonds is 9. The van der Waals surface area contributed by atoms with E-state index in [0.29, 0.717) is 13.2 Å². The monoisotopic (exact) mass is 335 g/mol. The number of nitrogens with one attached hydrogen (secondary N) is 1. The maximum atomic E-state index is 5.88. The Kier molecular flexibility index (Phi) is 7.20. The zero-order chi connectivity index (χ0) is 16.5. The van der Waals surface area contributed by atoms with Crippen molar-refractivity contribution in [3.8, 4) is 11.5 Å². The van der Waals surface area contributed by atoms with Crippen LogP contribution in [0.1, 0.15) is 11.1 Å². The van der Waals surface area contributed by atoms with Crippen LogP contribution in [0.4, 0.5) is 0 Å². The average molecular weight is 336 g/mol. The first-order valence-electron chi connectivity index (χ1n) is 7.46. The lowest BCUT2D eigenvalue weighted by Crippen LogP contribution is -2.18. The molecule has 0 aromatic heterocycles. The molecule has 0 aliphatic rings. The van der Waals surface area contributed by atoms with E-state index in [4.69, 9.17) is 25.8 Å². The predicted molar refractivity (Wildman–Crippen MR) is 92.4 cm³/mol. The first-order valence-corrected chi connectivity index (χ1v) is 7.84. The topological polar surface area (TPSA) is 39.7 Å². The van der Waals surface area contributed by atoms with E-state index in [0.717, 1.165) is 40.7 Å². The third-order valence-corrected chi connectivity index (χ3v) is 3.60. The summed E-state index contributed by atoms with van der Waals surface area (Å²) in [4.78, 5) is 0. The minimum atomic E-state index is 0.471. The molecular formula is C18H22ClNO3. The molecule has 23 heavy (non-hydrogen) atoms. The quantitative estimate of drug-likeness (QED) is 0.710. The molecule has 0 amide bonds. The fraction of sp³-hybridized carbons (Fsp3) is 0.333. The summed E-state index contributed by atoms with van der Waals surface area (Å²) in [6.45, 7) is 2.74. The van der Waals surface area contributed by atoms with Gasteiger partial charge >= 0.3 is 0 Å². The van der Waals surface area contributed by atoms with Crippen molar-refractivity contribution in [2.24, 2.45) is 0 Å². The number of hydrogen-bond donors (Lipinski definition) is 1. The molecule has 0 saturated heterocycles. The molecule has 0 radical (unpaired) electrons. The molecule has 1 N–H and O–H groups in total. The van der Waals surface area contributed by atoms with Gasteiger partial charge < -0.3 is 19.5 Å². The maximum absolute atomic E-state index is 5.88. The molecule has 0 spiro atoms. The Morgan fingerprint density at radius 1 is 0.957 bits per heavy atom. The van der Waals surface area contributed by atoms with E-state index < -0.39 is 0 Å². The molecule has 2 aromatic carbocycles. The second kappa shape index (κ2) is 9.40. The Hall–Kier alpha value is -1.75. The highest BCUT2D eigenvalue weighted by atomic mass is 35.5. The van der Waals surface area contributed by atoms with E-state index in [1.807, 2.05) is 42.5 Å². The molecule has 124 valence electrons. The summed E-state index contributed by atoms with van der Waals surface area (Å²) in [5.74, 6) is 1.45. The van der Waals surface area contributed by atoms with Gasteiger partial charge in [-0.1, -0.05) is 29.8 Å². The van der Waals surface area contributed by atoms with E-state index in [-0.39, 0.29) is 0 Å². The van der Waals surface area contributed by atoms with Gasteiger partial charge in [0.2, 0.25) is 0 Å². The van der Waals surface area contributed by atoms with Crippen molar-refractivity contribution < 1.29 is 14.2 Å². The SMILES string of the molecule is COCCNCc1ccc(OCc2ccc(Cl)cc2)c(OC)c1. The van der Waals surface area contributed by atoms with E-state index in [1.165, 1.54) is 0 Å². The van der Waals surface area contributed by atoms with Crippen molar-refractivity contribution in [2.45, 2.75) is 13.2 Å². The Balaban J connectivity index is 1.94. The van der Waals surface area contributed by atoms with Gasteiger partial charge in [0.15, 0.2) is 11.5 Å². The fourth-order valence-electron chi connectivity index (χ4n) is 2.09. The molecule has 0 unspecified atom stereocenters. The second-order valence-corrected chi connectivity index (χ2v) is 5.51. The summed E-state index contributed by atoms with van der Waals surface area (Å²) in [5.41, 5.74) is 2.19. The largest absolute Gasteiger partial charge is 0.493 e. The van der Waals surface area contributed by atoms with Gasteiger partial charge in [-0.2, -0.15) is 0 Å². The van der Waals surface area contributed by atoms with Crippen LogP contribution in [0.2, 0.25) is 5.02 Å². The van der Waals surface area contributed by atoms with Crippen LogP contribution in [-0.4, -0.2) is 27.4 Å². The molecule has 0 saturated carbocycles. The number of hydrogen-bond acceptors (Lipinski definition) is 4. The van der Waals surface area contributed by atoms with Gasteiger partial charge in [-0.05, 0) is 35.4 Å². The molecule has 0 bridgehead atoms. The lowest BCUT2D eigenvalue weighted by Gasteiger charge is -2.13. The summed E-state index contributed by atoms with van der Waals surface area (Å²) in [6.07, 6.45) is 0.